The average Bonchev–Trinajstić information content (AvgIpc) is 2.53. The van der Waals surface area contributed by atoms with Crippen molar-refractivity contribution in [2.45, 2.75) is 25.0 Å². The molecule has 2 rings (SSSR count). The van der Waals surface area contributed by atoms with Gasteiger partial charge < -0.3 is 14.8 Å². The molecule has 0 bridgehead atoms. The van der Waals surface area contributed by atoms with E-state index in [-0.39, 0.29) is 18.1 Å². The Bertz CT molecular complexity index is 648. The summed E-state index contributed by atoms with van der Waals surface area (Å²) in [6.07, 6.45) is 1.78. The Hall–Kier alpha value is -2.81. The third-order valence-corrected chi connectivity index (χ3v) is 3.38. The van der Waals surface area contributed by atoms with Crippen LogP contribution in [-0.2, 0) is 19.1 Å². The smallest absolute Gasteiger partial charge is 0.372 e. The van der Waals surface area contributed by atoms with Crippen molar-refractivity contribution < 1.29 is 19.1 Å². The zero-order valence-electron chi connectivity index (χ0n) is 12.3. The number of hydrogen-bond acceptors (Lipinski definition) is 5. The molecule has 0 fully saturated rings. The number of methoxy groups -OCH3 is 1. The number of carbonyl (C=O) groups excluding carboxylic acids is 2. The summed E-state index contributed by atoms with van der Waals surface area (Å²) in [5.41, 5.74) is -0.779. The Balaban J connectivity index is 2.45. The molecule has 1 N–H and O–H groups in total. The van der Waals surface area contributed by atoms with Crippen LogP contribution in [0.1, 0.15) is 24.8 Å². The Labute approximate surface area is 128 Å². The van der Waals surface area contributed by atoms with Crippen LogP contribution < -0.4 is 5.32 Å². The molecular weight excluding hydrogens is 284 g/mol. The minimum absolute atomic E-state index is 0.0285. The van der Waals surface area contributed by atoms with Crippen molar-refractivity contribution in [1.29, 1.82) is 5.26 Å². The van der Waals surface area contributed by atoms with Gasteiger partial charge in [0, 0.05) is 19.3 Å². The van der Waals surface area contributed by atoms with Crippen LogP contribution in [0.4, 0.5) is 0 Å². The third-order valence-electron chi connectivity index (χ3n) is 3.38. The van der Waals surface area contributed by atoms with Crippen LogP contribution in [0.3, 0.4) is 0 Å². The monoisotopic (exact) mass is 300 g/mol. The molecule has 0 saturated carbocycles. The highest BCUT2D eigenvalue weighted by Gasteiger charge is 2.48. The molecule has 0 unspecified atom stereocenters. The van der Waals surface area contributed by atoms with Crippen LogP contribution in [0.15, 0.2) is 42.2 Å². The van der Waals surface area contributed by atoms with Gasteiger partial charge >= 0.3 is 5.97 Å². The van der Waals surface area contributed by atoms with Gasteiger partial charge in [-0.15, -0.1) is 0 Å². The second-order valence-corrected chi connectivity index (χ2v) is 4.97. The number of esters is 1. The molecule has 1 aromatic carbocycles. The van der Waals surface area contributed by atoms with Gasteiger partial charge in [0.15, 0.2) is 5.76 Å². The van der Waals surface area contributed by atoms with Crippen molar-refractivity contribution in [3.05, 3.63) is 47.7 Å². The number of allylic oxidation sites excluding steroid dienone is 2. The quantitative estimate of drug-likeness (QED) is 0.857. The van der Waals surface area contributed by atoms with Gasteiger partial charge in [0.05, 0.1) is 7.11 Å². The molecule has 2 atom stereocenters. The summed E-state index contributed by atoms with van der Waals surface area (Å²) in [6, 6.07) is 11.3. The van der Waals surface area contributed by atoms with Gasteiger partial charge in [-0.3, -0.25) is 4.79 Å². The first-order valence-corrected chi connectivity index (χ1v) is 6.74. The lowest BCUT2D eigenvalue weighted by molar-refractivity contribution is -0.173. The van der Waals surface area contributed by atoms with Crippen molar-refractivity contribution in [2.75, 3.05) is 7.11 Å². The van der Waals surface area contributed by atoms with Gasteiger partial charge in [-0.2, -0.15) is 5.26 Å². The van der Waals surface area contributed by atoms with Crippen LogP contribution in [-0.4, -0.2) is 24.7 Å². The molecule has 1 amide bonds. The summed E-state index contributed by atoms with van der Waals surface area (Å²) in [5, 5.41) is 11.7. The molecule has 1 heterocycles. The second kappa shape index (κ2) is 6.31. The maximum Gasteiger partial charge on any atom is 0.372 e. The molecular formula is C16H16N2O4. The normalized spacial score (nSPS) is 23.5. The fourth-order valence-electron chi connectivity index (χ4n) is 2.49. The molecule has 6 heteroatoms. The maximum atomic E-state index is 12.2. The fourth-order valence-corrected chi connectivity index (χ4v) is 2.49. The summed E-state index contributed by atoms with van der Waals surface area (Å²) in [5.74, 6) is -1.48. The van der Waals surface area contributed by atoms with Crippen molar-refractivity contribution in [1.82, 2.24) is 5.32 Å². The van der Waals surface area contributed by atoms with E-state index in [1.165, 1.54) is 14.0 Å². The highest BCUT2D eigenvalue weighted by molar-refractivity contribution is 5.86. The van der Waals surface area contributed by atoms with E-state index in [0.717, 1.165) is 5.56 Å². The van der Waals surface area contributed by atoms with Crippen LogP contribution in [0.25, 0.3) is 0 Å². The maximum absolute atomic E-state index is 12.2. The third kappa shape index (κ3) is 3.09. The van der Waals surface area contributed by atoms with Crippen molar-refractivity contribution >= 4 is 11.9 Å². The van der Waals surface area contributed by atoms with Gasteiger partial charge in [0.1, 0.15) is 6.07 Å². The highest BCUT2D eigenvalue weighted by Crippen LogP contribution is 2.36. The predicted octanol–water partition coefficient (Wildman–Crippen LogP) is 1.60. The van der Waals surface area contributed by atoms with E-state index in [1.54, 1.807) is 6.08 Å². The molecule has 22 heavy (non-hydrogen) atoms. The number of rotatable bonds is 3. The lowest BCUT2D eigenvalue weighted by atomic mass is 9.87. The summed E-state index contributed by atoms with van der Waals surface area (Å²) >= 11 is 0. The summed E-state index contributed by atoms with van der Waals surface area (Å²) in [4.78, 5) is 23.6. The first kappa shape index (κ1) is 15.6. The lowest BCUT2D eigenvalue weighted by Gasteiger charge is -2.37. The molecule has 0 saturated heterocycles. The van der Waals surface area contributed by atoms with Gasteiger partial charge in [0.25, 0.3) is 5.72 Å². The molecule has 1 aliphatic heterocycles. The van der Waals surface area contributed by atoms with Gasteiger partial charge in [0.2, 0.25) is 5.91 Å². The number of carbonyl (C=O) groups is 2. The number of nitriles is 1. The highest BCUT2D eigenvalue weighted by atomic mass is 16.6. The Morgan fingerprint density at radius 3 is 2.64 bits per heavy atom. The number of hydrogen-bond donors (Lipinski definition) is 1. The number of benzene rings is 1. The summed E-state index contributed by atoms with van der Waals surface area (Å²) in [7, 11) is 1.21. The Morgan fingerprint density at radius 2 is 2.09 bits per heavy atom. The van der Waals surface area contributed by atoms with E-state index in [0.29, 0.717) is 0 Å². The van der Waals surface area contributed by atoms with Gasteiger partial charge in [-0.05, 0) is 11.6 Å². The fraction of sp³-hybridized carbons (Fsp3) is 0.312. The minimum atomic E-state index is -1.69. The topological polar surface area (TPSA) is 88.4 Å². The van der Waals surface area contributed by atoms with Crippen LogP contribution >= 0.6 is 0 Å². The van der Waals surface area contributed by atoms with Crippen LogP contribution in [0.5, 0.6) is 0 Å². The van der Waals surface area contributed by atoms with Crippen molar-refractivity contribution in [2.24, 2.45) is 0 Å². The zero-order valence-corrected chi connectivity index (χ0v) is 12.3. The number of amides is 1. The number of ether oxygens (including phenoxy) is 2. The minimum Gasteiger partial charge on any atom is -0.465 e. The van der Waals surface area contributed by atoms with E-state index in [1.807, 2.05) is 36.4 Å². The average molecular weight is 300 g/mol. The van der Waals surface area contributed by atoms with E-state index in [4.69, 9.17) is 14.7 Å². The Kier molecular flexibility index (Phi) is 4.47. The lowest BCUT2D eigenvalue weighted by Crippen LogP contribution is -2.58. The van der Waals surface area contributed by atoms with E-state index in [9.17, 15) is 9.59 Å². The summed E-state index contributed by atoms with van der Waals surface area (Å²) < 4.78 is 10.2. The molecule has 6 nitrogen and oxygen atoms in total. The number of nitrogens with one attached hydrogen (secondary N) is 1. The SMILES string of the molecule is COC(=O)[C@]1(NC(C)=O)C[C@@H](c2ccccc2)C=C(C#N)O1. The molecule has 114 valence electrons. The Morgan fingerprint density at radius 1 is 1.41 bits per heavy atom. The van der Waals surface area contributed by atoms with Gasteiger partial charge in [-0.25, -0.2) is 4.79 Å². The number of nitrogens with zero attached hydrogens (tertiary/aromatic N) is 1. The molecule has 1 aromatic rings. The molecule has 0 radical (unpaired) electrons. The molecule has 0 spiro atoms. The summed E-state index contributed by atoms with van der Waals surface area (Å²) in [6.45, 7) is 1.27. The first-order chi connectivity index (χ1) is 10.5. The molecule has 1 aliphatic rings. The second-order valence-electron chi connectivity index (χ2n) is 4.97. The predicted molar refractivity (Wildman–Crippen MR) is 77.1 cm³/mol. The van der Waals surface area contributed by atoms with Crippen LogP contribution in [0.2, 0.25) is 0 Å². The zero-order chi connectivity index (χ0) is 16.2. The van der Waals surface area contributed by atoms with Gasteiger partial charge in [-0.1, -0.05) is 30.3 Å². The largest absolute Gasteiger partial charge is 0.465 e. The van der Waals surface area contributed by atoms with E-state index in [2.05, 4.69) is 5.32 Å². The standard InChI is InChI=1S/C16H16N2O4/c1-11(19)18-16(15(20)21-2)9-13(8-14(10-17)22-16)12-6-4-3-5-7-12/h3-8,13H,9H2,1-2H3,(H,18,19)/t13-,16-/m0/s1. The van der Waals surface area contributed by atoms with E-state index >= 15 is 0 Å². The van der Waals surface area contributed by atoms with Crippen LogP contribution in [0, 0.1) is 11.3 Å². The van der Waals surface area contributed by atoms with Crippen molar-refractivity contribution in [3.8, 4) is 6.07 Å². The first-order valence-electron chi connectivity index (χ1n) is 6.74. The molecule has 0 aromatic heterocycles. The van der Waals surface area contributed by atoms with E-state index < -0.39 is 17.6 Å². The van der Waals surface area contributed by atoms with Crippen molar-refractivity contribution in [3.63, 3.8) is 0 Å². The molecule has 0 aliphatic carbocycles.